The number of anilines is 1. The molecule has 0 aromatic heterocycles. The fourth-order valence-electron chi connectivity index (χ4n) is 1.28. The van der Waals surface area contributed by atoms with Crippen LogP contribution in [0.15, 0.2) is 21.1 Å². The van der Waals surface area contributed by atoms with Crippen molar-refractivity contribution in [2.24, 2.45) is 0 Å². The fraction of sp³-hybridized carbons (Fsp3) is 0.125. The third kappa shape index (κ3) is 1.31. The fourth-order valence-corrected chi connectivity index (χ4v) is 2.28. The van der Waals surface area contributed by atoms with E-state index in [0.717, 1.165) is 8.95 Å². The van der Waals surface area contributed by atoms with Gasteiger partial charge in [0.2, 0.25) is 0 Å². The van der Waals surface area contributed by atoms with Crippen LogP contribution < -0.4 is 5.32 Å². The first kappa shape index (κ1) is 9.18. The number of amides is 1. The van der Waals surface area contributed by atoms with Crippen molar-refractivity contribution >= 4 is 43.5 Å². The summed E-state index contributed by atoms with van der Waals surface area (Å²) in [5.41, 5.74) is 1.24. The molecule has 0 spiro atoms. The zero-order valence-corrected chi connectivity index (χ0v) is 9.52. The largest absolute Gasteiger partial charge is 0.378 e. The summed E-state index contributed by atoms with van der Waals surface area (Å²) in [6.45, 7) is 0. The molecular formula is C8H5Br2NO2. The van der Waals surface area contributed by atoms with Gasteiger partial charge in [-0.05, 0) is 28.1 Å². The van der Waals surface area contributed by atoms with E-state index in [1.165, 1.54) is 0 Å². The predicted octanol–water partition coefficient (Wildman–Crippen LogP) is 2.20. The SMILES string of the molecule is O=C1Nc2c(Br)ccc(Br)c2C1O. The number of carbonyl (C=O) groups excluding carboxylic acids is 1. The van der Waals surface area contributed by atoms with Crippen molar-refractivity contribution in [1.82, 2.24) is 0 Å². The van der Waals surface area contributed by atoms with Crippen molar-refractivity contribution < 1.29 is 9.90 Å². The van der Waals surface area contributed by atoms with Gasteiger partial charge in [0.15, 0.2) is 6.10 Å². The third-order valence-corrected chi connectivity index (χ3v) is 3.26. The van der Waals surface area contributed by atoms with Gasteiger partial charge in [-0.1, -0.05) is 15.9 Å². The first-order valence-corrected chi connectivity index (χ1v) is 5.16. The second kappa shape index (κ2) is 3.08. The quantitative estimate of drug-likeness (QED) is 0.772. The molecule has 13 heavy (non-hydrogen) atoms. The number of fused-ring (bicyclic) bond motifs is 1. The standard InChI is InChI=1S/C8H5Br2NO2/c9-3-1-2-4(10)6-5(3)7(12)8(13)11-6/h1-2,7,12H,(H,11,13). The van der Waals surface area contributed by atoms with Gasteiger partial charge in [0, 0.05) is 14.5 Å². The van der Waals surface area contributed by atoms with Gasteiger partial charge in [0.1, 0.15) is 0 Å². The lowest BCUT2D eigenvalue weighted by Crippen LogP contribution is -2.10. The van der Waals surface area contributed by atoms with Gasteiger partial charge in [-0.15, -0.1) is 0 Å². The average Bonchev–Trinajstić information content (AvgIpc) is 2.38. The summed E-state index contributed by atoms with van der Waals surface area (Å²) in [4.78, 5) is 11.1. The number of carbonyl (C=O) groups is 1. The molecule has 0 saturated heterocycles. The Kier molecular flexibility index (Phi) is 2.17. The van der Waals surface area contributed by atoms with Crippen molar-refractivity contribution in [3.8, 4) is 0 Å². The summed E-state index contributed by atoms with van der Waals surface area (Å²) in [6.07, 6.45) is -1.07. The highest BCUT2D eigenvalue weighted by molar-refractivity contribution is 9.11. The maximum atomic E-state index is 11.1. The lowest BCUT2D eigenvalue weighted by molar-refractivity contribution is -0.123. The van der Waals surface area contributed by atoms with Crippen LogP contribution in [0.4, 0.5) is 5.69 Å². The Balaban J connectivity index is 2.68. The molecule has 1 unspecified atom stereocenters. The zero-order chi connectivity index (χ0) is 9.59. The molecule has 1 aliphatic heterocycles. The molecule has 1 aliphatic rings. The van der Waals surface area contributed by atoms with Gasteiger partial charge in [0.05, 0.1) is 5.69 Å². The number of halogens is 2. The average molecular weight is 307 g/mol. The number of aliphatic hydroxyl groups is 1. The molecule has 0 bridgehead atoms. The van der Waals surface area contributed by atoms with Gasteiger partial charge in [-0.3, -0.25) is 4.79 Å². The van der Waals surface area contributed by atoms with E-state index in [-0.39, 0.29) is 5.91 Å². The second-order valence-corrected chi connectivity index (χ2v) is 4.42. The Morgan fingerprint density at radius 3 is 2.54 bits per heavy atom. The summed E-state index contributed by atoms with van der Waals surface area (Å²) >= 11 is 6.57. The van der Waals surface area contributed by atoms with Gasteiger partial charge in [-0.25, -0.2) is 0 Å². The molecule has 1 amide bonds. The van der Waals surface area contributed by atoms with E-state index in [0.29, 0.717) is 11.3 Å². The zero-order valence-electron chi connectivity index (χ0n) is 6.34. The molecular weight excluding hydrogens is 302 g/mol. The molecule has 3 nitrogen and oxygen atoms in total. The van der Waals surface area contributed by atoms with Crippen LogP contribution in [-0.4, -0.2) is 11.0 Å². The minimum absolute atomic E-state index is 0.386. The normalized spacial score (nSPS) is 19.9. The summed E-state index contributed by atoms with van der Waals surface area (Å²) in [6, 6.07) is 3.59. The Hall–Kier alpha value is -0.390. The molecule has 2 N–H and O–H groups in total. The van der Waals surface area contributed by atoms with Crippen molar-refractivity contribution in [3.05, 3.63) is 26.6 Å². The lowest BCUT2D eigenvalue weighted by atomic mass is 10.1. The first-order valence-electron chi connectivity index (χ1n) is 3.58. The van der Waals surface area contributed by atoms with Crippen molar-refractivity contribution in [2.45, 2.75) is 6.10 Å². The van der Waals surface area contributed by atoms with Crippen LogP contribution in [-0.2, 0) is 4.79 Å². The smallest absolute Gasteiger partial charge is 0.258 e. The number of nitrogens with one attached hydrogen (secondary N) is 1. The van der Waals surface area contributed by atoms with E-state index in [9.17, 15) is 9.90 Å². The molecule has 2 rings (SSSR count). The highest BCUT2D eigenvalue weighted by atomic mass is 79.9. The van der Waals surface area contributed by atoms with Crippen LogP contribution >= 0.6 is 31.9 Å². The Morgan fingerprint density at radius 2 is 1.92 bits per heavy atom. The molecule has 1 atom stereocenters. The van der Waals surface area contributed by atoms with Gasteiger partial charge >= 0.3 is 0 Å². The van der Waals surface area contributed by atoms with Crippen LogP contribution in [0, 0.1) is 0 Å². The molecule has 68 valence electrons. The molecule has 0 saturated carbocycles. The number of aliphatic hydroxyl groups excluding tert-OH is 1. The number of hydrogen-bond acceptors (Lipinski definition) is 2. The minimum atomic E-state index is -1.07. The summed E-state index contributed by atoms with van der Waals surface area (Å²) in [7, 11) is 0. The Morgan fingerprint density at radius 1 is 1.31 bits per heavy atom. The number of rotatable bonds is 0. The van der Waals surface area contributed by atoms with E-state index >= 15 is 0 Å². The topological polar surface area (TPSA) is 49.3 Å². The van der Waals surface area contributed by atoms with E-state index in [1.807, 2.05) is 0 Å². The maximum Gasteiger partial charge on any atom is 0.258 e. The van der Waals surface area contributed by atoms with Crippen LogP contribution in [0.1, 0.15) is 11.7 Å². The number of benzene rings is 1. The van der Waals surface area contributed by atoms with Crippen molar-refractivity contribution in [1.29, 1.82) is 0 Å². The first-order chi connectivity index (χ1) is 6.11. The summed E-state index contributed by atoms with van der Waals surface area (Å²) < 4.78 is 1.51. The molecule has 0 radical (unpaired) electrons. The molecule has 1 aromatic rings. The Bertz CT molecular complexity index is 392. The molecule has 5 heteroatoms. The lowest BCUT2D eigenvalue weighted by Gasteiger charge is -2.04. The van der Waals surface area contributed by atoms with Gasteiger partial charge in [-0.2, -0.15) is 0 Å². The van der Waals surface area contributed by atoms with Gasteiger partial charge < -0.3 is 10.4 Å². The van der Waals surface area contributed by atoms with Crippen LogP contribution in [0.5, 0.6) is 0 Å². The molecule has 1 aromatic carbocycles. The highest BCUT2D eigenvalue weighted by Crippen LogP contribution is 2.40. The van der Waals surface area contributed by atoms with E-state index in [4.69, 9.17) is 0 Å². The molecule has 0 fully saturated rings. The van der Waals surface area contributed by atoms with E-state index in [2.05, 4.69) is 37.2 Å². The monoisotopic (exact) mass is 305 g/mol. The van der Waals surface area contributed by atoms with E-state index in [1.54, 1.807) is 12.1 Å². The van der Waals surface area contributed by atoms with E-state index < -0.39 is 6.10 Å². The summed E-state index contributed by atoms with van der Waals surface area (Å²) in [5, 5.41) is 12.1. The predicted molar refractivity (Wildman–Crippen MR) is 55.4 cm³/mol. The van der Waals surface area contributed by atoms with Gasteiger partial charge in [0.25, 0.3) is 5.91 Å². The number of hydrogen-bond donors (Lipinski definition) is 2. The van der Waals surface area contributed by atoms with Crippen LogP contribution in [0.2, 0.25) is 0 Å². The summed E-state index contributed by atoms with van der Waals surface area (Å²) in [5.74, 6) is -0.386. The molecule has 1 heterocycles. The molecule has 0 aliphatic carbocycles. The second-order valence-electron chi connectivity index (χ2n) is 2.71. The van der Waals surface area contributed by atoms with Crippen molar-refractivity contribution in [3.63, 3.8) is 0 Å². The van der Waals surface area contributed by atoms with Crippen LogP contribution in [0.3, 0.4) is 0 Å². The third-order valence-electron chi connectivity index (χ3n) is 1.91. The highest BCUT2D eigenvalue weighted by Gasteiger charge is 2.31. The Labute approximate surface area is 91.4 Å². The van der Waals surface area contributed by atoms with Crippen LogP contribution in [0.25, 0.3) is 0 Å². The maximum absolute atomic E-state index is 11.1. The minimum Gasteiger partial charge on any atom is -0.378 e. The van der Waals surface area contributed by atoms with Crippen molar-refractivity contribution in [2.75, 3.05) is 5.32 Å².